The molecule has 0 radical (unpaired) electrons. The molecule has 0 amide bonds. The second kappa shape index (κ2) is 5.39. The molecule has 5 nitrogen and oxygen atoms in total. The zero-order chi connectivity index (χ0) is 13.1. The molecule has 1 aliphatic rings. The Morgan fingerprint density at radius 2 is 2.22 bits per heavy atom. The van der Waals surface area contributed by atoms with Crippen molar-refractivity contribution >= 4 is 22.0 Å². The molecule has 0 spiro atoms. The lowest BCUT2D eigenvalue weighted by Crippen LogP contribution is -2.15. The monoisotopic (exact) mass is 313 g/mol. The van der Waals surface area contributed by atoms with Crippen molar-refractivity contribution in [2.75, 3.05) is 13.2 Å². The number of benzene rings is 1. The lowest BCUT2D eigenvalue weighted by molar-refractivity contribution is -0.425. The highest BCUT2D eigenvalue weighted by Crippen LogP contribution is 2.39. The lowest BCUT2D eigenvalue weighted by Gasteiger charge is -2.19. The molecule has 96 valence electrons. The highest BCUT2D eigenvalue weighted by atomic mass is 79.9. The summed E-state index contributed by atoms with van der Waals surface area (Å²) in [6.07, 6.45) is 1.92. The molecule has 0 unspecified atom stereocenters. The highest BCUT2D eigenvalue weighted by molar-refractivity contribution is 9.10. The summed E-state index contributed by atoms with van der Waals surface area (Å²) >= 11 is 3.38. The molecule has 1 aliphatic heterocycles. The van der Waals surface area contributed by atoms with Gasteiger partial charge in [-0.2, -0.15) is 0 Å². The van der Waals surface area contributed by atoms with E-state index in [0.29, 0.717) is 31.1 Å². The van der Waals surface area contributed by atoms with E-state index in [4.69, 9.17) is 9.47 Å². The summed E-state index contributed by atoms with van der Waals surface area (Å²) in [5, 5.41) is 10.8. The van der Waals surface area contributed by atoms with Crippen LogP contribution in [0.15, 0.2) is 22.3 Å². The van der Waals surface area contributed by atoms with Gasteiger partial charge in [0.15, 0.2) is 11.5 Å². The van der Waals surface area contributed by atoms with Crippen LogP contribution in [0.4, 0.5) is 0 Å². The molecule has 0 N–H and O–H groups in total. The number of nitro groups is 1. The van der Waals surface area contributed by atoms with Crippen LogP contribution in [0.25, 0.3) is 6.08 Å². The normalized spacial score (nSPS) is 14.4. The molecule has 2 rings (SSSR count). The average molecular weight is 314 g/mol. The van der Waals surface area contributed by atoms with Crippen molar-refractivity contribution in [3.63, 3.8) is 0 Å². The Morgan fingerprint density at radius 3 is 2.89 bits per heavy atom. The van der Waals surface area contributed by atoms with Crippen LogP contribution in [0.2, 0.25) is 0 Å². The van der Waals surface area contributed by atoms with Crippen LogP contribution >= 0.6 is 15.9 Å². The predicted octanol–water partition coefficient (Wildman–Crippen LogP) is 3.25. The molecule has 0 aliphatic carbocycles. The maximum atomic E-state index is 10.8. The van der Waals surface area contributed by atoms with Crippen molar-refractivity contribution in [2.45, 2.75) is 13.3 Å². The number of hydrogen-bond donors (Lipinski definition) is 0. The second-order valence-corrected chi connectivity index (χ2v) is 4.63. The van der Waals surface area contributed by atoms with Crippen LogP contribution < -0.4 is 9.47 Å². The summed E-state index contributed by atoms with van der Waals surface area (Å²) in [6.45, 7) is 2.75. The van der Waals surface area contributed by atoms with E-state index < -0.39 is 0 Å². The van der Waals surface area contributed by atoms with Gasteiger partial charge in [0.25, 0.3) is 0 Å². The van der Waals surface area contributed by atoms with Crippen LogP contribution in [0.3, 0.4) is 0 Å². The Hall–Kier alpha value is -1.56. The minimum Gasteiger partial charge on any atom is -0.486 e. The van der Waals surface area contributed by atoms with Crippen molar-refractivity contribution in [1.82, 2.24) is 0 Å². The molecule has 1 aromatic carbocycles. The average Bonchev–Trinajstić information content (AvgIpc) is 2.35. The van der Waals surface area contributed by atoms with E-state index in [2.05, 4.69) is 15.9 Å². The van der Waals surface area contributed by atoms with Gasteiger partial charge >= 0.3 is 0 Å². The minimum absolute atomic E-state index is 0.165. The van der Waals surface area contributed by atoms with E-state index in [1.807, 2.05) is 0 Å². The quantitative estimate of drug-likeness (QED) is 0.635. The van der Waals surface area contributed by atoms with Crippen molar-refractivity contribution in [2.24, 2.45) is 0 Å². The van der Waals surface area contributed by atoms with E-state index in [0.717, 1.165) is 10.0 Å². The van der Waals surface area contributed by atoms with E-state index in [1.54, 1.807) is 25.1 Å². The standard InChI is InChI=1S/C12H12BrNO4/c1-2-9(14(15)16)5-8-6-10(13)12-11(7-8)17-3-4-18-12/h5-7H,2-4H2,1H3/b9-5+. The third-order valence-corrected chi connectivity index (χ3v) is 3.14. The van der Waals surface area contributed by atoms with Crippen molar-refractivity contribution < 1.29 is 14.4 Å². The Morgan fingerprint density at radius 1 is 1.50 bits per heavy atom. The number of hydrogen-bond acceptors (Lipinski definition) is 4. The summed E-state index contributed by atoms with van der Waals surface area (Å²) in [4.78, 5) is 10.4. The van der Waals surface area contributed by atoms with Gasteiger partial charge in [0, 0.05) is 12.5 Å². The molecular formula is C12H12BrNO4. The van der Waals surface area contributed by atoms with E-state index in [-0.39, 0.29) is 10.6 Å². The molecule has 0 fully saturated rings. The van der Waals surface area contributed by atoms with Crippen LogP contribution in [-0.2, 0) is 0 Å². The lowest BCUT2D eigenvalue weighted by atomic mass is 10.1. The number of allylic oxidation sites excluding steroid dienone is 1. The molecule has 0 saturated carbocycles. The maximum absolute atomic E-state index is 10.8. The van der Waals surface area contributed by atoms with Gasteiger partial charge in [0.05, 0.1) is 9.40 Å². The van der Waals surface area contributed by atoms with Crippen LogP contribution in [-0.4, -0.2) is 18.1 Å². The number of fused-ring (bicyclic) bond motifs is 1. The summed E-state index contributed by atoms with van der Waals surface area (Å²) in [6, 6.07) is 3.53. The Kier molecular flexibility index (Phi) is 3.86. The van der Waals surface area contributed by atoms with Gasteiger partial charge in [-0.25, -0.2) is 0 Å². The molecule has 0 atom stereocenters. The molecule has 6 heteroatoms. The molecule has 0 aromatic heterocycles. The molecule has 18 heavy (non-hydrogen) atoms. The van der Waals surface area contributed by atoms with Gasteiger partial charge in [0.1, 0.15) is 13.2 Å². The van der Waals surface area contributed by atoms with Gasteiger partial charge in [-0.3, -0.25) is 10.1 Å². The van der Waals surface area contributed by atoms with Gasteiger partial charge in [-0.15, -0.1) is 0 Å². The second-order valence-electron chi connectivity index (χ2n) is 3.77. The topological polar surface area (TPSA) is 61.6 Å². The first kappa shape index (κ1) is 12.9. The summed E-state index contributed by atoms with van der Waals surface area (Å²) < 4.78 is 11.7. The molecule has 0 saturated heterocycles. The van der Waals surface area contributed by atoms with Crippen molar-refractivity contribution in [3.8, 4) is 11.5 Å². The van der Waals surface area contributed by atoms with Gasteiger partial charge in [-0.1, -0.05) is 6.92 Å². The first-order valence-corrected chi connectivity index (χ1v) is 6.35. The Balaban J connectivity index is 2.41. The smallest absolute Gasteiger partial charge is 0.246 e. The fourth-order valence-electron chi connectivity index (χ4n) is 1.69. The summed E-state index contributed by atoms with van der Waals surface area (Å²) in [5.74, 6) is 1.26. The third kappa shape index (κ3) is 2.64. The first-order valence-electron chi connectivity index (χ1n) is 5.56. The molecule has 1 aromatic rings. The van der Waals surface area contributed by atoms with Gasteiger partial charge < -0.3 is 9.47 Å². The van der Waals surface area contributed by atoms with Crippen LogP contribution in [0, 0.1) is 10.1 Å². The zero-order valence-electron chi connectivity index (χ0n) is 9.81. The summed E-state index contributed by atoms with van der Waals surface area (Å²) in [7, 11) is 0. The Bertz CT molecular complexity index is 513. The van der Waals surface area contributed by atoms with E-state index in [9.17, 15) is 10.1 Å². The predicted molar refractivity (Wildman–Crippen MR) is 70.4 cm³/mol. The van der Waals surface area contributed by atoms with Crippen LogP contribution in [0.1, 0.15) is 18.9 Å². The van der Waals surface area contributed by atoms with Crippen LogP contribution in [0.5, 0.6) is 11.5 Å². The summed E-state index contributed by atoms with van der Waals surface area (Å²) in [5.41, 5.74) is 0.887. The number of halogens is 1. The zero-order valence-corrected chi connectivity index (χ0v) is 11.4. The van der Waals surface area contributed by atoms with Crippen molar-refractivity contribution in [1.29, 1.82) is 0 Å². The molecular weight excluding hydrogens is 302 g/mol. The number of nitrogens with zero attached hydrogens (tertiary/aromatic N) is 1. The van der Waals surface area contributed by atoms with Crippen molar-refractivity contribution in [3.05, 3.63) is 38.0 Å². The van der Waals surface area contributed by atoms with Gasteiger partial charge in [-0.05, 0) is 33.6 Å². The maximum Gasteiger partial charge on any atom is 0.246 e. The fourth-order valence-corrected chi connectivity index (χ4v) is 2.26. The number of rotatable bonds is 3. The SMILES string of the molecule is CC/C(=C\c1cc(Br)c2c(c1)OCCO2)[N+](=O)[O-]. The first-order chi connectivity index (χ1) is 8.61. The fraction of sp³-hybridized carbons (Fsp3) is 0.333. The highest BCUT2D eigenvalue weighted by Gasteiger charge is 2.17. The molecule has 1 heterocycles. The Labute approximate surface area is 113 Å². The number of ether oxygens (including phenoxy) is 2. The van der Waals surface area contributed by atoms with E-state index >= 15 is 0 Å². The third-order valence-electron chi connectivity index (χ3n) is 2.55. The molecule has 0 bridgehead atoms. The van der Waals surface area contributed by atoms with E-state index in [1.165, 1.54) is 0 Å². The largest absolute Gasteiger partial charge is 0.486 e. The van der Waals surface area contributed by atoms with Gasteiger partial charge in [0.2, 0.25) is 5.70 Å². The minimum atomic E-state index is -0.370.